The van der Waals surface area contributed by atoms with Crippen LogP contribution < -0.4 is 5.32 Å². The van der Waals surface area contributed by atoms with Crippen LogP contribution in [0.25, 0.3) is 0 Å². The van der Waals surface area contributed by atoms with Gasteiger partial charge in [-0.2, -0.15) is 0 Å². The van der Waals surface area contributed by atoms with Crippen LogP contribution in [-0.2, 0) is 4.74 Å². The fourth-order valence-corrected chi connectivity index (χ4v) is 2.79. The Morgan fingerprint density at radius 2 is 2.06 bits per heavy atom. The first-order valence-electron chi connectivity index (χ1n) is 6.62. The second-order valence-electron chi connectivity index (χ2n) is 5.12. The summed E-state index contributed by atoms with van der Waals surface area (Å²) in [6.45, 7) is 3.17. The van der Waals surface area contributed by atoms with Gasteiger partial charge in [0.1, 0.15) is 0 Å². The molecule has 3 heteroatoms. The van der Waals surface area contributed by atoms with E-state index in [2.05, 4.69) is 12.2 Å². The minimum atomic E-state index is 0.233. The average Bonchev–Trinajstić information content (AvgIpc) is 2.71. The molecule has 2 atom stereocenters. The van der Waals surface area contributed by atoms with Gasteiger partial charge in [-0.3, -0.25) is 0 Å². The number of methoxy groups -OCH3 is 1. The van der Waals surface area contributed by atoms with Crippen molar-refractivity contribution in [3.05, 3.63) is 0 Å². The largest absolute Gasteiger partial charge is 0.396 e. The third-order valence-corrected chi connectivity index (χ3v) is 3.53. The third kappa shape index (κ3) is 5.28. The lowest BCUT2D eigenvalue weighted by Gasteiger charge is -2.24. The lowest BCUT2D eigenvalue weighted by Crippen LogP contribution is -2.40. The van der Waals surface area contributed by atoms with Gasteiger partial charge in [-0.1, -0.05) is 25.7 Å². The second-order valence-corrected chi connectivity index (χ2v) is 5.12. The molecule has 0 heterocycles. The van der Waals surface area contributed by atoms with Crippen LogP contribution in [0.5, 0.6) is 0 Å². The highest BCUT2D eigenvalue weighted by atomic mass is 16.5. The first-order valence-corrected chi connectivity index (χ1v) is 6.62. The summed E-state index contributed by atoms with van der Waals surface area (Å²) in [7, 11) is 1.72. The van der Waals surface area contributed by atoms with Crippen molar-refractivity contribution in [1.29, 1.82) is 0 Å². The van der Waals surface area contributed by atoms with Crippen LogP contribution in [0.1, 0.15) is 45.4 Å². The molecule has 0 saturated heterocycles. The van der Waals surface area contributed by atoms with Gasteiger partial charge in [-0.15, -0.1) is 0 Å². The number of aliphatic hydroxyl groups excluding tert-OH is 1. The molecule has 0 aromatic rings. The Labute approximate surface area is 99.6 Å². The third-order valence-electron chi connectivity index (χ3n) is 3.53. The van der Waals surface area contributed by atoms with Gasteiger partial charge >= 0.3 is 0 Å². The molecule has 0 radical (unpaired) electrons. The van der Waals surface area contributed by atoms with Crippen LogP contribution in [0.3, 0.4) is 0 Å². The van der Waals surface area contributed by atoms with Crippen LogP contribution in [0.4, 0.5) is 0 Å². The van der Waals surface area contributed by atoms with E-state index in [9.17, 15) is 0 Å². The standard InChI is InChI=1S/C13H27NO2/c1-11(9-12-5-3-4-6-12)14-13(7-8-15)10-16-2/h11-15H,3-10H2,1-2H3. The molecule has 0 aromatic carbocycles. The fraction of sp³-hybridized carbons (Fsp3) is 1.00. The maximum Gasteiger partial charge on any atom is 0.0616 e. The van der Waals surface area contributed by atoms with E-state index in [1.165, 1.54) is 32.1 Å². The van der Waals surface area contributed by atoms with Crippen molar-refractivity contribution in [2.45, 2.75) is 57.5 Å². The van der Waals surface area contributed by atoms with E-state index in [0.717, 1.165) is 12.3 Å². The Hall–Kier alpha value is -0.120. The van der Waals surface area contributed by atoms with Gasteiger partial charge in [-0.25, -0.2) is 0 Å². The van der Waals surface area contributed by atoms with Gasteiger partial charge < -0.3 is 15.2 Å². The predicted octanol–water partition coefficient (Wildman–Crippen LogP) is 1.94. The molecular weight excluding hydrogens is 202 g/mol. The highest BCUT2D eigenvalue weighted by molar-refractivity contribution is 4.76. The number of hydrogen-bond donors (Lipinski definition) is 2. The van der Waals surface area contributed by atoms with E-state index in [1.807, 2.05) is 0 Å². The van der Waals surface area contributed by atoms with Crippen molar-refractivity contribution in [1.82, 2.24) is 5.32 Å². The molecule has 0 aliphatic heterocycles. The van der Waals surface area contributed by atoms with E-state index >= 15 is 0 Å². The van der Waals surface area contributed by atoms with Crippen LogP contribution in [0.2, 0.25) is 0 Å². The van der Waals surface area contributed by atoms with Crippen LogP contribution >= 0.6 is 0 Å². The first kappa shape index (κ1) is 13.9. The maximum absolute atomic E-state index is 8.96. The fourth-order valence-electron chi connectivity index (χ4n) is 2.79. The molecule has 3 nitrogen and oxygen atoms in total. The Bertz CT molecular complexity index is 163. The quantitative estimate of drug-likeness (QED) is 0.668. The molecule has 0 bridgehead atoms. The van der Waals surface area contributed by atoms with Crippen molar-refractivity contribution in [2.24, 2.45) is 5.92 Å². The minimum Gasteiger partial charge on any atom is -0.396 e. The first-order chi connectivity index (χ1) is 7.76. The number of nitrogens with one attached hydrogen (secondary N) is 1. The van der Waals surface area contributed by atoms with Gasteiger partial charge in [0.2, 0.25) is 0 Å². The van der Waals surface area contributed by atoms with Crippen LogP contribution in [-0.4, -0.2) is 37.5 Å². The Kier molecular flexibility index (Phi) is 7.01. The number of aliphatic hydroxyl groups is 1. The van der Waals surface area contributed by atoms with Gasteiger partial charge in [0, 0.05) is 25.8 Å². The monoisotopic (exact) mass is 229 g/mol. The number of rotatable bonds is 8. The predicted molar refractivity (Wildman–Crippen MR) is 66.5 cm³/mol. The Balaban J connectivity index is 2.20. The minimum absolute atomic E-state index is 0.233. The van der Waals surface area contributed by atoms with Crippen molar-refractivity contribution in [3.63, 3.8) is 0 Å². The number of ether oxygens (including phenoxy) is 1. The Morgan fingerprint density at radius 3 is 2.62 bits per heavy atom. The maximum atomic E-state index is 8.96. The lowest BCUT2D eigenvalue weighted by atomic mass is 9.98. The second kappa shape index (κ2) is 8.04. The van der Waals surface area contributed by atoms with E-state index < -0.39 is 0 Å². The molecule has 1 fully saturated rings. The molecule has 16 heavy (non-hydrogen) atoms. The summed E-state index contributed by atoms with van der Waals surface area (Å²) in [5.74, 6) is 0.917. The average molecular weight is 229 g/mol. The zero-order valence-electron chi connectivity index (χ0n) is 10.7. The summed E-state index contributed by atoms with van der Waals surface area (Å²) < 4.78 is 5.15. The van der Waals surface area contributed by atoms with Crippen molar-refractivity contribution in [2.75, 3.05) is 20.3 Å². The molecular formula is C13H27NO2. The van der Waals surface area contributed by atoms with E-state index in [1.54, 1.807) is 7.11 Å². The van der Waals surface area contributed by atoms with Gasteiger partial charge in [0.15, 0.2) is 0 Å². The van der Waals surface area contributed by atoms with Crippen LogP contribution in [0.15, 0.2) is 0 Å². The van der Waals surface area contributed by atoms with Crippen LogP contribution in [0, 0.1) is 5.92 Å². The molecule has 2 unspecified atom stereocenters. The van der Waals surface area contributed by atoms with Crippen molar-refractivity contribution in [3.8, 4) is 0 Å². The van der Waals surface area contributed by atoms with Gasteiger partial charge in [0.25, 0.3) is 0 Å². The highest BCUT2D eigenvalue weighted by Gasteiger charge is 2.19. The summed E-state index contributed by atoms with van der Waals surface area (Å²) in [5.41, 5.74) is 0. The van der Waals surface area contributed by atoms with E-state index in [-0.39, 0.29) is 6.61 Å². The summed E-state index contributed by atoms with van der Waals surface area (Å²) in [4.78, 5) is 0. The molecule has 1 aliphatic rings. The summed E-state index contributed by atoms with van der Waals surface area (Å²) >= 11 is 0. The Morgan fingerprint density at radius 1 is 1.38 bits per heavy atom. The van der Waals surface area contributed by atoms with E-state index in [4.69, 9.17) is 9.84 Å². The molecule has 0 amide bonds. The molecule has 2 N–H and O–H groups in total. The van der Waals surface area contributed by atoms with E-state index in [0.29, 0.717) is 18.7 Å². The topological polar surface area (TPSA) is 41.5 Å². The van der Waals surface area contributed by atoms with Gasteiger partial charge in [-0.05, 0) is 25.7 Å². The van der Waals surface area contributed by atoms with Gasteiger partial charge in [0.05, 0.1) is 6.61 Å². The zero-order chi connectivity index (χ0) is 11.8. The normalized spacial score (nSPS) is 21.2. The molecule has 96 valence electrons. The van der Waals surface area contributed by atoms with Crippen molar-refractivity contribution >= 4 is 0 Å². The van der Waals surface area contributed by atoms with Crippen molar-refractivity contribution < 1.29 is 9.84 Å². The highest BCUT2D eigenvalue weighted by Crippen LogP contribution is 2.28. The molecule has 0 spiro atoms. The zero-order valence-corrected chi connectivity index (χ0v) is 10.7. The summed E-state index contributed by atoms with van der Waals surface area (Å²) in [6, 6.07) is 0.834. The summed E-state index contributed by atoms with van der Waals surface area (Å²) in [6.07, 6.45) is 7.68. The number of hydrogen-bond acceptors (Lipinski definition) is 3. The molecule has 0 aromatic heterocycles. The molecule has 1 saturated carbocycles. The molecule has 1 rings (SSSR count). The summed E-state index contributed by atoms with van der Waals surface area (Å²) in [5, 5.41) is 12.5. The smallest absolute Gasteiger partial charge is 0.0616 e. The lowest BCUT2D eigenvalue weighted by molar-refractivity contribution is 0.141. The molecule has 1 aliphatic carbocycles. The SMILES string of the molecule is COCC(CCO)NC(C)CC1CCCC1.